The molecule has 5 aromatic carbocycles. The Balaban J connectivity index is 1.50. The molecule has 8 rings (SSSR count). The van der Waals surface area contributed by atoms with Crippen LogP contribution in [0.25, 0.3) is 54.5 Å². The summed E-state index contributed by atoms with van der Waals surface area (Å²) in [5, 5.41) is 18.6. The Morgan fingerprint density at radius 2 is 1.41 bits per heavy atom. The van der Waals surface area contributed by atoms with Crippen molar-refractivity contribution in [1.29, 1.82) is 5.26 Å². The van der Waals surface area contributed by atoms with E-state index in [0.717, 1.165) is 16.8 Å². The monoisotopic (exact) mass is 476 g/mol. The van der Waals surface area contributed by atoms with Gasteiger partial charge in [0.1, 0.15) is 0 Å². The lowest BCUT2D eigenvalue weighted by Crippen LogP contribution is -2.10. The summed E-state index contributed by atoms with van der Waals surface area (Å²) in [5.41, 5.74) is 8.58. The zero-order chi connectivity index (χ0) is 25.1. The van der Waals surface area contributed by atoms with Gasteiger partial charge in [0.2, 0.25) is 0 Å². The number of hydrogen-bond donors (Lipinski definition) is 0. The molecule has 1 aromatic heterocycles. The van der Waals surface area contributed by atoms with E-state index in [2.05, 4.69) is 81.4 Å². The topological polar surface area (TPSA) is 36.7 Å². The molecule has 0 aliphatic heterocycles. The van der Waals surface area contributed by atoms with Gasteiger partial charge in [-0.25, -0.2) is 4.98 Å². The summed E-state index contributed by atoms with van der Waals surface area (Å²) in [6.45, 7) is 6.86. The van der Waals surface area contributed by atoms with Crippen LogP contribution < -0.4 is 0 Å². The van der Waals surface area contributed by atoms with E-state index >= 15 is 0 Å². The molecule has 1 saturated carbocycles. The van der Waals surface area contributed by atoms with Gasteiger partial charge in [0.15, 0.2) is 0 Å². The first kappa shape index (κ1) is 21.2. The molecule has 37 heavy (non-hydrogen) atoms. The smallest absolute Gasteiger partial charge is 0.0991 e. The molecule has 2 unspecified atom stereocenters. The summed E-state index contributed by atoms with van der Waals surface area (Å²) in [6, 6.07) is 26.7. The van der Waals surface area contributed by atoms with Gasteiger partial charge in [-0.15, -0.1) is 0 Å². The Labute approximate surface area is 216 Å². The van der Waals surface area contributed by atoms with Gasteiger partial charge in [0.05, 0.1) is 22.8 Å². The Morgan fingerprint density at radius 1 is 0.757 bits per heavy atom. The Bertz CT molecular complexity index is 1930. The van der Waals surface area contributed by atoms with Crippen LogP contribution in [0.3, 0.4) is 0 Å². The highest BCUT2D eigenvalue weighted by molar-refractivity contribution is 6.29. The Hall–Kier alpha value is -3.96. The molecular formula is C35H28N2. The van der Waals surface area contributed by atoms with Crippen LogP contribution in [0, 0.1) is 11.3 Å². The van der Waals surface area contributed by atoms with Crippen molar-refractivity contribution < 1.29 is 0 Å². The first-order valence-corrected chi connectivity index (χ1v) is 13.5. The molecule has 0 radical (unpaired) electrons. The lowest BCUT2D eigenvalue weighted by molar-refractivity contribution is 0.591. The molecule has 178 valence electrons. The van der Waals surface area contributed by atoms with Crippen molar-refractivity contribution in [3.8, 4) is 17.3 Å². The largest absolute Gasteiger partial charge is 0.247 e. The van der Waals surface area contributed by atoms with Crippen LogP contribution in [0.4, 0.5) is 0 Å². The fourth-order valence-electron chi connectivity index (χ4n) is 7.36. The molecule has 0 saturated heterocycles. The lowest BCUT2D eigenvalue weighted by Gasteiger charge is -2.24. The van der Waals surface area contributed by atoms with Crippen molar-refractivity contribution in [2.75, 3.05) is 0 Å². The second-order valence-electron chi connectivity index (χ2n) is 12.3. The van der Waals surface area contributed by atoms with Gasteiger partial charge in [-0.3, -0.25) is 0 Å². The summed E-state index contributed by atoms with van der Waals surface area (Å²) in [7, 11) is 0. The van der Waals surface area contributed by atoms with Crippen molar-refractivity contribution in [2.45, 2.75) is 57.3 Å². The summed E-state index contributed by atoms with van der Waals surface area (Å²) >= 11 is 0. The third-order valence-corrected chi connectivity index (χ3v) is 9.15. The number of aromatic nitrogens is 1. The van der Waals surface area contributed by atoms with Crippen LogP contribution >= 0.6 is 0 Å². The lowest BCUT2D eigenvalue weighted by atomic mass is 9.82. The van der Waals surface area contributed by atoms with Crippen molar-refractivity contribution in [2.24, 2.45) is 0 Å². The van der Waals surface area contributed by atoms with Gasteiger partial charge in [-0.05, 0) is 98.3 Å². The molecular weight excluding hydrogens is 448 g/mol. The third-order valence-electron chi connectivity index (χ3n) is 9.15. The van der Waals surface area contributed by atoms with Gasteiger partial charge in [0, 0.05) is 16.3 Å². The van der Waals surface area contributed by atoms with E-state index in [1.54, 1.807) is 5.56 Å². The standard InChI is InChI=1S/C35H28N2/c1-35(2,3)26-15-23-10-11-25-17-28-31-21-8-9-22(14-21)32(31)33(20-6-4-19(18-36)5-7-20)37-34(28)27-13-12-24(16-26)29(23)30(25)27/h4-7,10-13,15-17,21-22H,8-9,14H2,1-3H3. The van der Waals surface area contributed by atoms with Gasteiger partial charge in [0.25, 0.3) is 0 Å². The van der Waals surface area contributed by atoms with Crippen LogP contribution in [-0.4, -0.2) is 4.98 Å². The molecule has 0 amide bonds. The maximum Gasteiger partial charge on any atom is 0.0991 e. The summed E-state index contributed by atoms with van der Waals surface area (Å²) < 4.78 is 0. The van der Waals surface area contributed by atoms with Gasteiger partial charge < -0.3 is 0 Å². The van der Waals surface area contributed by atoms with Crippen LogP contribution in [0.15, 0.2) is 66.7 Å². The molecule has 2 nitrogen and oxygen atoms in total. The minimum Gasteiger partial charge on any atom is -0.247 e. The number of fused-ring (bicyclic) bond motifs is 8. The average Bonchev–Trinajstić information content (AvgIpc) is 3.53. The van der Waals surface area contributed by atoms with Gasteiger partial charge in [-0.1, -0.05) is 69.3 Å². The van der Waals surface area contributed by atoms with E-state index in [1.807, 2.05) is 12.1 Å². The molecule has 2 aliphatic rings. The number of pyridine rings is 1. The minimum absolute atomic E-state index is 0.106. The molecule has 2 heteroatoms. The van der Waals surface area contributed by atoms with Crippen LogP contribution in [-0.2, 0) is 5.41 Å². The molecule has 2 atom stereocenters. The van der Waals surface area contributed by atoms with Crippen LogP contribution in [0.1, 0.15) is 74.1 Å². The quantitative estimate of drug-likeness (QED) is 0.175. The normalized spacial score (nSPS) is 18.9. The average molecular weight is 477 g/mol. The second kappa shape index (κ2) is 7.08. The van der Waals surface area contributed by atoms with E-state index in [4.69, 9.17) is 4.98 Å². The maximum atomic E-state index is 9.33. The SMILES string of the molecule is CC(C)(C)c1cc2ccc3cc4c5c(c(-c6ccc(C#N)cc6)nc4c4ccc(c1)c2c34)C1CCC5C1. The molecule has 1 heterocycles. The number of benzene rings is 5. The molecule has 0 spiro atoms. The van der Waals surface area contributed by atoms with Crippen molar-refractivity contribution in [3.63, 3.8) is 0 Å². The summed E-state index contributed by atoms with van der Waals surface area (Å²) in [5.74, 6) is 1.23. The zero-order valence-corrected chi connectivity index (χ0v) is 21.5. The highest BCUT2D eigenvalue weighted by Gasteiger charge is 2.41. The van der Waals surface area contributed by atoms with E-state index in [-0.39, 0.29) is 5.41 Å². The number of rotatable bonds is 1. The molecule has 6 aromatic rings. The second-order valence-corrected chi connectivity index (χ2v) is 12.3. The Kier molecular flexibility index (Phi) is 4.05. The van der Waals surface area contributed by atoms with Crippen molar-refractivity contribution >= 4 is 43.2 Å². The first-order chi connectivity index (χ1) is 17.9. The third kappa shape index (κ3) is 2.83. The molecule has 1 fully saturated rings. The first-order valence-electron chi connectivity index (χ1n) is 13.5. The van der Waals surface area contributed by atoms with Gasteiger partial charge in [-0.2, -0.15) is 5.26 Å². The highest BCUT2D eigenvalue weighted by Crippen LogP contribution is 2.58. The van der Waals surface area contributed by atoms with Crippen LogP contribution in [0.2, 0.25) is 0 Å². The minimum atomic E-state index is 0.106. The Morgan fingerprint density at radius 3 is 2.08 bits per heavy atom. The molecule has 2 aliphatic carbocycles. The fraction of sp³-hybridized carbons (Fsp3) is 0.257. The van der Waals surface area contributed by atoms with Crippen molar-refractivity contribution in [3.05, 3.63) is 89.0 Å². The van der Waals surface area contributed by atoms with E-state index in [9.17, 15) is 5.26 Å². The summed E-state index contributed by atoms with van der Waals surface area (Å²) in [6.07, 6.45) is 3.79. The van der Waals surface area contributed by atoms with E-state index in [1.165, 1.54) is 68.1 Å². The molecule has 0 N–H and O–H groups in total. The predicted molar refractivity (Wildman–Crippen MR) is 154 cm³/mol. The van der Waals surface area contributed by atoms with Crippen molar-refractivity contribution in [1.82, 2.24) is 4.98 Å². The predicted octanol–water partition coefficient (Wildman–Crippen LogP) is 9.33. The van der Waals surface area contributed by atoms with Crippen LogP contribution in [0.5, 0.6) is 0 Å². The highest BCUT2D eigenvalue weighted by atomic mass is 14.7. The van der Waals surface area contributed by atoms with E-state index in [0.29, 0.717) is 17.4 Å². The fourth-order valence-corrected chi connectivity index (χ4v) is 7.36. The number of nitrogens with zero attached hydrogens (tertiary/aromatic N) is 2. The summed E-state index contributed by atoms with van der Waals surface area (Å²) in [4.78, 5) is 5.47. The van der Waals surface area contributed by atoms with Gasteiger partial charge >= 0.3 is 0 Å². The van der Waals surface area contributed by atoms with E-state index < -0.39 is 0 Å². The number of nitriles is 1. The number of hydrogen-bond acceptors (Lipinski definition) is 2. The molecule has 2 bridgehead atoms. The maximum absolute atomic E-state index is 9.33. The zero-order valence-electron chi connectivity index (χ0n) is 21.5.